The number of rotatable bonds is 7. The fourth-order valence-corrected chi connectivity index (χ4v) is 4.69. The van der Waals surface area contributed by atoms with Crippen molar-refractivity contribution < 1.29 is 23.6 Å². The number of nitrogens with one attached hydrogen (secondary N) is 2. The number of nitrogen functional groups attached to an aromatic ring is 1. The summed E-state index contributed by atoms with van der Waals surface area (Å²) in [6, 6.07) is 6.55. The summed E-state index contributed by atoms with van der Waals surface area (Å²) in [7, 11) is -4.35. The fraction of sp³-hybridized carbons (Fsp3) is 0.444. The molecule has 1 aromatic heterocycles. The predicted octanol–water partition coefficient (Wildman–Crippen LogP) is 1.04. The van der Waals surface area contributed by atoms with Gasteiger partial charge in [0.05, 0.1) is 13.3 Å². The molecule has 162 valence electrons. The Labute approximate surface area is 172 Å². The molecule has 4 rings (SSSR count). The zero-order chi connectivity index (χ0) is 21.5. The summed E-state index contributed by atoms with van der Waals surface area (Å²) >= 11 is 0. The minimum absolute atomic E-state index is 0.00430. The lowest BCUT2D eigenvalue weighted by atomic mass is 9.69. The zero-order valence-corrected chi connectivity index (χ0v) is 17.2. The number of fused-ring (bicyclic) bond motifs is 1. The van der Waals surface area contributed by atoms with Gasteiger partial charge < -0.3 is 25.6 Å². The predicted molar refractivity (Wildman–Crippen MR) is 110 cm³/mol. The van der Waals surface area contributed by atoms with Crippen LogP contribution >= 0.6 is 7.82 Å². The van der Waals surface area contributed by atoms with E-state index in [4.69, 9.17) is 14.8 Å². The minimum Gasteiger partial charge on any atom is -0.404 e. The Morgan fingerprint density at radius 1 is 1.37 bits per heavy atom. The number of benzene rings is 1. The molecule has 1 saturated carbocycles. The molecular weight excluding hydrogens is 413 g/mol. The molecule has 1 aromatic carbocycles. The van der Waals surface area contributed by atoms with Crippen LogP contribution in [0.3, 0.4) is 0 Å². The number of nitrogens with two attached hydrogens (primary N) is 1. The first-order chi connectivity index (χ1) is 14.3. The van der Waals surface area contributed by atoms with Gasteiger partial charge in [0.1, 0.15) is 11.4 Å². The Bertz CT molecular complexity index is 1030. The molecule has 1 fully saturated rings. The smallest absolute Gasteiger partial charge is 0.404 e. The Balaban J connectivity index is 1.45. The second-order valence-electron chi connectivity index (χ2n) is 7.53. The monoisotopic (exact) mass is 437 g/mol. The first-order valence-electron chi connectivity index (χ1n) is 9.52. The lowest BCUT2D eigenvalue weighted by Gasteiger charge is -2.48. The number of phosphoric ester groups is 1. The molecule has 11 nitrogen and oxygen atoms in total. The molecule has 1 aliphatic carbocycles. The number of anilines is 3. The quantitative estimate of drug-likeness (QED) is 0.396. The van der Waals surface area contributed by atoms with Gasteiger partial charge in [-0.25, -0.2) is 4.57 Å². The third-order valence-corrected chi connectivity index (χ3v) is 6.48. The van der Waals surface area contributed by atoms with Crippen molar-refractivity contribution in [2.24, 2.45) is 11.8 Å². The standard InChI is InChI=1S/C18H24N5O6P/c1-10-2-4-12(5-3-10)29-30(26,27)28-8-13-11(7-24)6-14(13)23-9-20-15-16(23)21-18(19)22-17(15)25/h2-5,11,13-14,20,24H,6-9H2,1H3,(H,26,27)(H3,19,21,22,25)/t11-,13-,14-/m1/s1. The van der Waals surface area contributed by atoms with Crippen LogP contribution < -0.4 is 26.0 Å². The number of hydrogen-bond donors (Lipinski definition) is 5. The van der Waals surface area contributed by atoms with Crippen LogP contribution in [0.5, 0.6) is 5.75 Å². The molecule has 1 unspecified atom stereocenters. The van der Waals surface area contributed by atoms with Crippen molar-refractivity contribution in [3.05, 3.63) is 40.2 Å². The number of phosphoric acid groups is 1. The third kappa shape index (κ3) is 4.01. The van der Waals surface area contributed by atoms with Gasteiger partial charge in [0, 0.05) is 18.6 Å². The molecular formula is C18H24N5O6P. The summed E-state index contributed by atoms with van der Waals surface area (Å²) in [6.07, 6.45) is 0.620. The van der Waals surface area contributed by atoms with Crippen LogP contribution in [0.2, 0.25) is 0 Å². The number of aromatic nitrogens is 2. The normalized spacial score (nSPS) is 24.5. The largest absolute Gasteiger partial charge is 0.527 e. The molecule has 6 N–H and O–H groups in total. The SMILES string of the molecule is Cc1ccc(OP(=O)(O)OC[C@@H]2[C@@H](CO)C[C@H]2N2CNc3c2nc(N)[nH]c3=O)cc1. The summed E-state index contributed by atoms with van der Waals surface area (Å²) in [6.45, 7) is 2.05. The van der Waals surface area contributed by atoms with Crippen LogP contribution in [0.15, 0.2) is 29.1 Å². The van der Waals surface area contributed by atoms with Gasteiger partial charge in [-0.05, 0) is 31.4 Å². The molecule has 30 heavy (non-hydrogen) atoms. The number of aliphatic hydroxyl groups excluding tert-OH is 1. The van der Waals surface area contributed by atoms with E-state index in [2.05, 4.69) is 15.3 Å². The molecule has 2 aromatic rings. The van der Waals surface area contributed by atoms with Crippen molar-refractivity contribution in [2.75, 3.05) is 35.8 Å². The average molecular weight is 437 g/mol. The van der Waals surface area contributed by atoms with Gasteiger partial charge in [-0.3, -0.25) is 19.2 Å². The summed E-state index contributed by atoms with van der Waals surface area (Å²) in [4.78, 5) is 30.7. The van der Waals surface area contributed by atoms with Crippen LogP contribution in [0.1, 0.15) is 12.0 Å². The highest BCUT2D eigenvalue weighted by atomic mass is 31.2. The van der Waals surface area contributed by atoms with E-state index < -0.39 is 7.82 Å². The van der Waals surface area contributed by atoms with Crippen LogP contribution in [-0.2, 0) is 9.09 Å². The lowest BCUT2D eigenvalue weighted by molar-refractivity contribution is 0.0217. The first-order valence-corrected chi connectivity index (χ1v) is 11.0. The van der Waals surface area contributed by atoms with Gasteiger partial charge in [-0.1, -0.05) is 17.7 Å². The molecule has 0 saturated heterocycles. The molecule has 4 atom stereocenters. The third-order valence-electron chi connectivity index (χ3n) is 5.57. The van der Waals surface area contributed by atoms with Gasteiger partial charge in [0.25, 0.3) is 5.56 Å². The number of hydrogen-bond acceptors (Lipinski definition) is 9. The maximum absolute atomic E-state index is 12.4. The van der Waals surface area contributed by atoms with Gasteiger partial charge >= 0.3 is 7.82 Å². The van der Waals surface area contributed by atoms with Crippen LogP contribution in [0, 0.1) is 18.8 Å². The maximum Gasteiger partial charge on any atom is 0.527 e. The molecule has 0 spiro atoms. The summed E-state index contributed by atoms with van der Waals surface area (Å²) < 4.78 is 22.7. The highest BCUT2D eigenvalue weighted by Gasteiger charge is 2.47. The second-order valence-corrected chi connectivity index (χ2v) is 8.91. The lowest BCUT2D eigenvalue weighted by Crippen LogP contribution is -2.55. The van der Waals surface area contributed by atoms with Gasteiger partial charge in [0.2, 0.25) is 5.95 Å². The van der Waals surface area contributed by atoms with Crippen LogP contribution in [0.4, 0.5) is 17.5 Å². The van der Waals surface area contributed by atoms with E-state index in [1.165, 1.54) is 0 Å². The van der Waals surface area contributed by atoms with E-state index in [1.54, 1.807) is 24.3 Å². The Morgan fingerprint density at radius 2 is 2.10 bits per heavy atom. The van der Waals surface area contributed by atoms with Crippen molar-refractivity contribution in [1.29, 1.82) is 0 Å². The average Bonchev–Trinajstić information content (AvgIpc) is 3.07. The highest BCUT2D eigenvalue weighted by molar-refractivity contribution is 7.47. The van der Waals surface area contributed by atoms with Crippen LogP contribution in [-0.4, -0.2) is 45.9 Å². The minimum atomic E-state index is -4.35. The molecule has 0 amide bonds. The van der Waals surface area contributed by atoms with Crippen molar-refractivity contribution in [1.82, 2.24) is 9.97 Å². The zero-order valence-electron chi connectivity index (χ0n) is 16.3. The number of aromatic amines is 1. The highest BCUT2D eigenvalue weighted by Crippen LogP contribution is 2.48. The summed E-state index contributed by atoms with van der Waals surface area (Å²) in [5.41, 5.74) is 6.62. The first kappa shape index (κ1) is 20.7. The van der Waals surface area contributed by atoms with Gasteiger partial charge in [0.15, 0.2) is 5.82 Å². The molecule has 2 aliphatic rings. The number of nitrogens with zero attached hydrogens (tertiary/aromatic N) is 2. The summed E-state index contributed by atoms with van der Waals surface area (Å²) in [5, 5.41) is 12.6. The number of aryl methyl sites for hydroxylation is 1. The molecule has 2 heterocycles. The van der Waals surface area contributed by atoms with E-state index in [0.717, 1.165) is 5.56 Å². The topological polar surface area (TPSA) is 163 Å². The molecule has 12 heteroatoms. The fourth-order valence-electron chi connectivity index (χ4n) is 3.89. The van der Waals surface area contributed by atoms with E-state index >= 15 is 0 Å². The Morgan fingerprint density at radius 3 is 2.80 bits per heavy atom. The number of aliphatic hydroxyl groups is 1. The van der Waals surface area contributed by atoms with Crippen molar-refractivity contribution in [2.45, 2.75) is 19.4 Å². The summed E-state index contributed by atoms with van der Waals surface area (Å²) in [5.74, 6) is 0.284. The molecule has 1 aliphatic heterocycles. The molecule has 0 radical (unpaired) electrons. The van der Waals surface area contributed by atoms with Crippen molar-refractivity contribution in [3.8, 4) is 5.75 Å². The molecule has 0 bridgehead atoms. The van der Waals surface area contributed by atoms with Crippen molar-refractivity contribution in [3.63, 3.8) is 0 Å². The number of H-pyrrole nitrogens is 1. The second kappa shape index (κ2) is 7.92. The van der Waals surface area contributed by atoms with Gasteiger partial charge in [-0.15, -0.1) is 0 Å². The van der Waals surface area contributed by atoms with E-state index in [-0.39, 0.29) is 48.3 Å². The Hall–Kier alpha value is -2.59. The maximum atomic E-state index is 12.4. The van der Waals surface area contributed by atoms with E-state index in [1.807, 2.05) is 11.8 Å². The van der Waals surface area contributed by atoms with Crippen LogP contribution in [0.25, 0.3) is 0 Å². The van der Waals surface area contributed by atoms with Crippen molar-refractivity contribution >= 4 is 25.3 Å². The Kier molecular flexibility index (Phi) is 5.46. The van der Waals surface area contributed by atoms with E-state index in [9.17, 15) is 19.4 Å². The van der Waals surface area contributed by atoms with E-state index in [0.29, 0.717) is 24.6 Å². The van der Waals surface area contributed by atoms with Gasteiger partial charge in [-0.2, -0.15) is 4.98 Å².